The fourth-order valence-electron chi connectivity index (χ4n) is 2.16. The van der Waals surface area contributed by atoms with Crippen molar-refractivity contribution in [1.29, 1.82) is 0 Å². The standard InChI is InChI=1S/C14H18BrN3O/c1-16-12(14-17-6-7-18(14)2)9-10-8-11(15)4-5-13(10)19-3/h4-8,12,16H,9H2,1-3H3. The molecular weight excluding hydrogens is 306 g/mol. The Labute approximate surface area is 121 Å². The van der Waals surface area contributed by atoms with E-state index in [4.69, 9.17) is 4.74 Å². The van der Waals surface area contributed by atoms with Crippen molar-refractivity contribution >= 4 is 15.9 Å². The summed E-state index contributed by atoms with van der Waals surface area (Å²) < 4.78 is 8.50. The summed E-state index contributed by atoms with van der Waals surface area (Å²) in [6, 6.07) is 6.21. The monoisotopic (exact) mass is 323 g/mol. The molecule has 2 aromatic rings. The molecule has 1 unspecified atom stereocenters. The van der Waals surface area contributed by atoms with Crippen LogP contribution in [-0.4, -0.2) is 23.7 Å². The highest BCUT2D eigenvalue weighted by Crippen LogP contribution is 2.27. The zero-order chi connectivity index (χ0) is 13.8. The van der Waals surface area contributed by atoms with Crippen molar-refractivity contribution in [3.8, 4) is 5.75 Å². The zero-order valence-electron chi connectivity index (χ0n) is 11.4. The quantitative estimate of drug-likeness (QED) is 0.919. The van der Waals surface area contributed by atoms with Gasteiger partial charge in [0.1, 0.15) is 11.6 Å². The molecule has 0 aliphatic rings. The Balaban J connectivity index is 2.28. The fourth-order valence-corrected chi connectivity index (χ4v) is 2.57. The molecule has 0 saturated carbocycles. The largest absolute Gasteiger partial charge is 0.496 e. The maximum absolute atomic E-state index is 5.42. The summed E-state index contributed by atoms with van der Waals surface area (Å²) in [6.07, 6.45) is 4.60. The van der Waals surface area contributed by atoms with E-state index in [2.05, 4.69) is 32.3 Å². The zero-order valence-corrected chi connectivity index (χ0v) is 12.9. The van der Waals surface area contributed by atoms with Crippen LogP contribution in [0.4, 0.5) is 0 Å². The minimum Gasteiger partial charge on any atom is -0.496 e. The number of methoxy groups -OCH3 is 1. The normalized spacial score (nSPS) is 12.4. The van der Waals surface area contributed by atoms with E-state index in [1.54, 1.807) is 7.11 Å². The third-order valence-electron chi connectivity index (χ3n) is 3.19. The van der Waals surface area contributed by atoms with Gasteiger partial charge in [0.15, 0.2) is 0 Å². The second kappa shape index (κ2) is 6.21. The smallest absolute Gasteiger partial charge is 0.125 e. The third-order valence-corrected chi connectivity index (χ3v) is 3.68. The molecule has 1 aromatic heterocycles. The van der Waals surface area contributed by atoms with Crippen molar-refractivity contribution in [2.75, 3.05) is 14.2 Å². The molecule has 1 atom stereocenters. The first-order valence-electron chi connectivity index (χ1n) is 6.12. The maximum atomic E-state index is 5.42. The van der Waals surface area contributed by atoms with E-state index in [1.165, 1.54) is 0 Å². The average Bonchev–Trinajstić information content (AvgIpc) is 2.82. The van der Waals surface area contributed by atoms with E-state index >= 15 is 0 Å². The third kappa shape index (κ3) is 3.16. The number of aromatic nitrogens is 2. The van der Waals surface area contributed by atoms with Crippen LogP contribution < -0.4 is 10.1 Å². The lowest BCUT2D eigenvalue weighted by molar-refractivity contribution is 0.405. The SMILES string of the molecule is CNC(Cc1cc(Br)ccc1OC)c1nccn1C. The Morgan fingerprint density at radius 2 is 2.26 bits per heavy atom. The molecule has 0 aliphatic heterocycles. The number of aryl methyl sites for hydroxylation is 1. The van der Waals surface area contributed by atoms with E-state index in [0.29, 0.717) is 0 Å². The summed E-state index contributed by atoms with van der Waals surface area (Å²) in [6.45, 7) is 0. The van der Waals surface area contributed by atoms with Gasteiger partial charge in [-0.25, -0.2) is 4.98 Å². The van der Waals surface area contributed by atoms with Gasteiger partial charge >= 0.3 is 0 Å². The number of halogens is 1. The van der Waals surface area contributed by atoms with Gasteiger partial charge in [0.25, 0.3) is 0 Å². The van der Waals surface area contributed by atoms with Gasteiger partial charge in [0.05, 0.1) is 13.2 Å². The van der Waals surface area contributed by atoms with E-state index < -0.39 is 0 Å². The van der Waals surface area contributed by atoms with Gasteiger partial charge in [-0.3, -0.25) is 0 Å². The van der Waals surface area contributed by atoms with Gasteiger partial charge in [-0.15, -0.1) is 0 Å². The Morgan fingerprint density at radius 3 is 2.84 bits per heavy atom. The first-order chi connectivity index (χ1) is 9.15. The van der Waals surface area contributed by atoms with E-state index in [1.807, 2.05) is 43.2 Å². The minimum atomic E-state index is 0.156. The summed E-state index contributed by atoms with van der Waals surface area (Å²) in [5.41, 5.74) is 1.15. The topological polar surface area (TPSA) is 39.1 Å². The first-order valence-corrected chi connectivity index (χ1v) is 6.92. The molecule has 19 heavy (non-hydrogen) atoms. The van der Waals surface area contributed by atoms with Crippen molar-refractivity contribution in [1.82, 2.24) is 14.9 Å². The van der Waals surface area contributed by atoms with Crippen LogP contribution in [0.3, 0.4) is 0 Å². The number of nitrogens with zero attached hydrogens (tertiary/aromatic N) is 2. The van der Waals surface area contributed by atoms with Crippen molar-refractivity contribution in [3.05, 3.63) is 46.5 Å². The Kier molecular flexibility index (Phi) is 4.61. The van der Waals surface area contributed by atoms with Crippen LogP contribution in [0.15, 0.2) is 35.1 Å². The summed E-state index contributed by atoms with van der Waals surface area (Å²) in [4.78, 5) is 4.41. The summed E-state index contributed by atoms with van der Waals surface area (Å²) in [7, 11) is 5.65. The number of hydrogen-bond acceptors (Lipinski definition) is 3. The average molecular weight is 324 g/mol. The first kappa shape index (κ1) is 14.1. The lowest BCUT2D eigenvalue weighted by atomic mass is 10.0. The minimum absolute atomic E-state index is 0.156. The number of rotatable bonds is 5. The van der Waals surface area contributed by atoms with Gasteiger partial charge in [-0.05, 0) is 37.2 Å². The summed E-state index contributed by atoms with van der Waals surface area (Å²) >= 11 is 3.50. The van der Waals surface area contributed by atoms with E-state index in [0.717, 1.165) is 28.0 Å². The second-order valence-corrected chi connectivity index (χ2v) is 5.31. The Bertz CT molecular complexity index is 553. The van der Waals surface area contributed by atoms with Crippen molar-refractivity contribution in [3.63, 3.8) is 0 Å². The molecule has 0 aliphatic carbocycles. The second-order valence-electron chi connectivity index (χ2n) is 4.40. The van der Waals surface area contributed by atoms with Gasteiger partial charge in [0, 0.05) is 23.9 Å². The molecule has 1 N–H and O–H groups in total. The van der Waals surface area contributed by atoms with Gasteiger partial charge < -0.3 is 14.6 Å². The lowest BCUT2D eigenvalue weighted by Crippen LogP contribution is -2.22. The summed E-state index contributed by atoms with van der Waals surface area (Å²) in [5.74, 6) is 1.92. The van der Waals surface area contributed by atoms with Crippen LogP contribution in [0.5, 0.6) is 5.75 Å². The number of nitrogens with one attached hydrogen (secondary N) is 1. The highest BCUT2D eigenvalue weighted by atomic mass is 79.9. The number of ether oxygens (including phenoxy) is 1. The van der Waals surface area contributed by atoms with E-state index in [9.17, 15) is 0 Å². The molecule has 1 aromatic carbocycles. The highest BCUT2D eigenvalue weighted by Gasteiger charge is 2.16. The molecule has 5 heteroatoms. The van der Waals surface area contributed by atoms with Crippen molar-refractivity contribution in [2.45, 2.75) is 12.5 Å². The molecule has 2 rings (SSSR count). The number of hydrogen-bond donors (Lipinski definition) is 1. The lowest BCUT2D eigenvalue weighted by Gasteiger charge is -2.18. The van der Waals surface area contributed by atoms with Crippen LogP contribution in [0.25, 0.3) is 0 Å². The van der Waals surface area contributed by atoms with Gasteiger partial charge in [0.2, 0.25) is 0 Å². The van der Waals surface area contributed by atoms with Crippen LogP contribution in [0.2, 0.25) is 0 Å². The Morgan fingerprint density at radius 1 is 1.47 bits per heavy atom. The van der Waals surface area contributed by atoms with Crippen LogP contribution in [0, 0.1) is 0 Å². The molecule has 0 bridgehead atoms. The van der Waals surface area contributed by atoms with Crippen LogP contribution in [-0.2, 0) is 13.5 Å². The number of imidazole rings is 1. The molecule has 0 spiro atoms. The molecule has 0 radical (unpaired) electrons. The van der Waals surface area contributed by atoms with Crippen molar-refractivity contribution < 1.29 is 4.74 Å². The van der Waals surface area contributed by atoms with E-state index in [-0.39, 0.29) is 6.04 Å². The Hall–Kier alpha value is -1.33. The van der Waals surface area contributed by atoms with Gasteiger partial charge in [-0.2, -0.15) is 0 Å². The highest BCUT2D eigenvalue weighted by molar-refractivity contribution is 9.10. The van der Waals surface area contributed by atoms with Crippen LogP contribution in [0.1, 0.15) is 17.4 Å². The number of benzene rings is 1. The number of likely N-dealkylation sites (N-methyl/N-ethyl adjacent to an activating group) is 1. The van der Waals surface area contributed by atoms with Crippen molar-refractivity contribution in [2.24, 2.45) is 7.05 Å². The van der Waals surface area contributed by atoms with Gasteiger partial charge in [-0.1, -0.05) is 15.9 Å². The van der Waals surface area contributed by atoms with Crippen LogP contribution >= 0.6 is 15.9 Å². The summed E-state index contributed by atoms with van der Waals surface area (Å²) in [5, 5.41) is 3.31. The predicted molar refractivity (Wildman–Crippen MR) is 79.4 cm³/mol. The molecule has 4 nitrogen and oxygen atoms in total. The molecular formula is C14H18BrN3O. The maximum Gasteiger partial charge on any atom is 0.125 e. The molecule has 1 heterocycles. The molecule has 0 amide bonds. The fraction of sp³-hybridized carbons (Fsp3) is 0.357. The molecule has 102 valence electrons. The predicted octanol–water partition coefficient (Wildman–Crippen LogP) is 2.69. The molecule has 0 fully saturated rings. The molecule has 0 saturated heterocycles.